The average molecular weight is 345 g/mol. The Hall–Kier alpha value is -2.87. The number of hydrogen-bond acceptors (Lipinski definition) is 6. The maximum Gasteiger partial charge on any atom is 0.373 e. The van der Waals surface area contributed by atoms with E-state index >= 15 is 0 Å². The summed E-state index contributed by atoms with van der Waals surface area (Å²) in [4.78, 5) is 41.3. The minimum Gasteiger partial charge on any atom is -0.463 e. The molecule has 3 heterocycles. The molecule has 0 atom stereocenters. The van der Waals surface area contributed by atoms with Crippen LogP contribution in [-0.2, 0) is 11.3 Å². The zero-order valence-corrected chi connectivity index (χ0v) is 13.9. The number of hydrogen-bond donors (Lipinski definition) is 1. The molecule has 1 saturated heterocycles. The molecule has 0 unspecified atom stereocenters. The van der Waals surface area contributed by atoms with Crippen molar-refractivity contribution in [3.63, 3.8) is 0 Å². The molecule has 1 aliphatic heterocycles. The number of methoxy groups -OCH3 is 1. The van der Waals surface area contributed by atoms with Gasteiger partial charge in [0.2, 0.25) is 11.3 Å². The second-order valence-electron chi connectivity index (χ2n) is 5.77. The van der Waals surface area contributed by atoms with Crippen LogP contribution in [0.1, 0.15) is 26.7 Å². The Bertz CT molecular complexity index is 797. The van der Waals surface area contributed by atoms with E-state index in [-0.39, 0.29) is 17.2 Å². The molecular formula is C17H19N3O5. The van der Waals surface area contributed by atoms with Gasteiger partial charge in [0.25, 0.3) is 5.91 Å². The fourth-order valence-electron chi connectivity index (χ4n) is 2.73. The van der Waals surface area contributed by atoms with Gasteiger partial charge in [-0.05, 0) is 18.2 Å². The van der Waals surface area contributed by atoms with E-state index in [1.54, 1.807) is 17.0 Å². The summed E-state index contributed by atoms with van der Waals surface area (Å²) >= 11 is 0. The molecule has 1 fully saturated rings. The number of H-pyrrole nitrogens is 1. The van der Waals surface area contributed by atoms with Crippen LogP contribution >= 0.6 is 0 Å². The van der Waals surface area contributed by atoms with Crippen molar-refractivity contribution in [2.45, 2.75) is 6.54 Å². The van der Waals surface area contributed by atoms with E-state index in [0.29, 0.717) is 44.0 Å². The van der Waals surface area contributed by atoms with E-state index < -0.39 is 5.97 Å². The lowest BCUT2D eigenvalue weighted by molar-refractivity contribution is 0.0549. The summed E-state index contributed by atoms with van der Waals surface area (Å²) < 4.78 is 10.1. The molecular weight excluding hydrogens is 326 g/mol. The molecule has 132 valence electrons. The van der Waals surface area contributed by atoms with Crippen molar-refractivity contribution >= 4 is 11.9 Å². The third kappa shape index (κ3) is 3.97. The van der Waals surface area contributed by atoms with Crippen molar-refractivity contribution in [3.8, 4) is 0 Å². The lowest BCUT2D eigenvalue weighted by Crippen LogP contribution is -2.48. The number of aromatic amines is 1. The number of amides is 1. The first-order chi connectivity index (χ1) is 12.1. The van der Waals surface area contributed by atoms with Gasteiger partial charge in [-0.25, -0.2) is 4.79 Å². The second-order valence-corrected chi connectivity index (χ2v) is 5.77. The van der Waals surface area contributed by atoms with Crippen LogP contribution in [0, 0.1) is 0 Å². The van der Waals surface area contributed by atoms with Crippen molar-refractivity contribution in [1.82, 2.24) is 14.8 Å². The monoisotopic (exact) mass is 345 g/mol. The molecule has 1 N–H and O–H groups in total. The number of esters is 1. The molecule has 0 saturated carbocycles. The van der Waals surface area contributed by atoms with Crippen LogP contribution in [0.15, 0.2) is 39.7 Å². The molecule has 0 aromatic carbocycles. The van der Waals surface area contributed by atoms with Crippen LogP contribution in [0.3, 0.4) is 0 Å². The predicted molar refractivity (Wildman–Crippen MR) is 88.3 cm³/mol. The topological polar surface area (TPSA) is 95.9 Å². The smallest absolute Gasteiger partial charge is 0.373 e. The van der Waals surface area contributed by atoms with E-state index in [2.05, 4.69) is 14.6 Å². The Morgan fingerprint density at radius 3 is 2.56 bits per heavy atom. The fraction of sp³-hybridized carbons (Fsp3) is 0.353. The summed E-state index contributed by atoms with van der Waals surface area (Å²) in [7, 11) is 1.31. The van der Waals surface area contributed by atoms with Crippen LogP contribution in [0.5, 0.6) is 0 Å². The number of rotatable bonds is 4. The Morgan fingerprint density at radius 2 is 1.92 bits per heavy atom. The lowest BCUT2D eigenvalue weighted by atomic mass is 10.2. The average Bonchev–Trinajstić information content (AvgIpc) is 3.10. The number of piperazine rings is 1. The second kappa shape index (κ2) is 7.35. The maximum absolute atomic E-state index is 12.4. The number of pyridine rings is 1. The van der Waals surface area contributed by atoms with Crippen LogP contribution in [-0.4, -0.2) is 59.9 Å². The molecule has 1 amide bonds. The number of furan rings is 1. The van der Waals surface area contributed by atoms with Gasteiger partial charge in [-0.15, -0.1) is 0 Å². The van der Waals surface area contributed by atoms with E-state index in [0.717, 1.165) is 0 Å². The van der Waals surface area contributed by atoms with Crippen molar-refractivity contribution in [1.29, 1.82) is 0 Å². The first-order valence-electron chi connectivity index (χ1n) is 7.94. The summed E-state index contributed by atoms with van der Waals surface area (Å²) in [5.74, 6) is 0.273. The third-order valence-corrected chi connectivity index (χ3v) is 4.12. The Kier molecular flexibility index (Phi) is 4.99. The van der Waals surface area contributed by atoms with Gasteiger partial charge in [-0.2, -0.15) is 0 Å². The van der Waals surface area contributed by atoms with E-state index in [1.807, 2.05) is 0 Å². The van der Waals surface area contributed by atoms with Gasteiger partial charge in [-0.3, -0.25) is 14.5 Å². The van der Waals surface area contributed by atoms with Gasteiger partial charge < -0.3 is 19.0 Å². The SMILES string of the molecule is COC(=O)c1ccc(CN2CCN(C(=O)c3ccc(=O)[nH]c3)CC2)o1. The molecule has 0 bridgehead atoms. The largest absolute Gasteiger partial charge is 0.463 e. The Morgan fingerprint density at radius 1 is 1.16 bits per heavy atom. The summed E-state index contributed by atoms with van der Waals surface area (Å²) in [5, 5.41) is 0. The van der Waals surface area contributed by atoms with Gasteiger partial charge in [0, 0.05) is 38.4 Å². The lowest BCUT2D eigenvalue weighted by Gasteiger charge is -2.34. The van der Waals surface area contributed by atoms with Crippen LogP contribution in [0.2, 0.25) is 0 Å². The summed E-state index contributed by atoms with van der Waals surface area (Å²) in [5.41, 5.74) is 0.243. The third-order valence-electron chi connectivity index (χ3n) is 4.12. The number of ether oxygens (including phenoxy) is 1. The van der Waals surface area contributed by atoms with Crippen molar-refractivity contribution < 1.29 is 18.7 Å². The molecule has 3 rings (SSSR count). The molecule has 0 radical (unpaired) electrons. The number of nitrogens with one attached hydrogen (secondary N) is 1. The molecule has 0 spiro atoms. The van der Waals surface area contributed by atoms with Crippen molar-refractivity contribution in [2.24, 2.45) is 0 Å². The normalized spacial score (nSPS) is 15.2. The molecule has 1 aliphatic rings. The van der Waals surface area contributed by atoms with Gasteiger partial charge in [0.1, 0.15) is 5.76 Å². The Balaban J connectivity index is 1.54. The number of aromatic nitrogens is 1. The highest BCUT2D eigenvalue weighted by molar-refractivity contribution is 5.93. The standard InChI is InChI=1S/C17H19N3O5/c1-24-17(23)14-4-3-13(25-14)11-19-6-8-20(9-7-19)16(22)12-2-5-15(21)18-10-12/h2-5,10H,6-9,11H2,1H3,(H,18,21). The highest BCUT2D eigenvalue weighted by Crippen LogP contribution is 2.14. The number of carbonyl (C=O) groups excluding carboxylic acids is 2. The predicted octanol–water partition coefficient (Wildman–Crippen LogP) is 0.713. The Labute approximate surface area is 144 Å². The molecule has 25 heavy (non-hydrogen) atoms. The van der Waals surface area contributed by atoms with Gasteiger partial charge >= 0.3 is 5.97 Å². The molecule has 8 heteroatoms. The fourth-order valence-corrected chi connectivity index (χ4v) is 2.73. The minimum absolute atomic E-state index is 0.0955. The molecule has 8 nitrogen and oxygen atoms in total. The molecule has 2 aromatic heterocycles. The first-order valence-corrected chi connectivity index (χ1v) is 7.94. The van der Waals surface area contributed by atoms with Gasteiger partial charge in [0.05, 0.1) is 19.2 Å². The zero-order valence-electron chi connectivity index (χ0n) is 13.9. The van der Waals surface area contributed by atoms with Crippen molar-refractivity contribution in [2.75, 3.05) is 33.3 Å². The van der Waals surface area contributed by atoms with Gasteiger partial charge in [0.15, 0.2) is 0 Å². The van der Waals surface area contributed by atoms with E-state index in [1.165, 1.54) is 25.4 Å². The summed E-state index contributed by atoms with van der Waals surface area (Å²) in [6.45, 7) is 3.13. The van der Waals surface area contributed by atoms with E-state index in [4.69, 9.17) is 4.42 Å². The quantitative estimate of drug-likeness (QED) is 0.820. The molecule has 2 aromatic rings. The van der Waals surface area contributed by atoms with E-state index in [9.17, 15) is 14.4 Å². The number of nitrogens with zero attached hydrogens (tertiary/aromatic N) is 2. The van der Waals surface area contributed by atoms with Gasteiger partial charge in [-0.1, -0.05) is 0 Å². The highest BCUT2D eigenvalue weighted by Gasteiger charge is 2.23. The molecule has 0 aliphatic carbocycles. The first kappa shape index (κ1) is 17.0. The summed E-state index contributed by atoms with van der Waals surface area (Å²) in [6, 6.07) is 6.23. The highest BCUT2D eigenvalue weighted by atomic mass is 16.5. The van der Waals surface area contributed by atoms with Crippen LogP contribution < -0.4 is 5.56 Å². The maximum atomic E-state index is 12.4. The van der Waals surface area contributed by atoms with Crippen LogP contribution in [0.25, 0.3) is 0 Å². The zero-order chi connectivity index (χ0) is 17.8. The van der Waals surface area contributed by atoms with Crippen molar-refractivity contribution in [3.05, 3.63) is 57.9 Å². The minimum atomic E-state index is -0.498. The summed E-state index contributed by atoms with van der Waals surface area (Å²) in [6.07, 6.45) is 1.44. The van der Waals surface area contributed by atoms with Crippen LogP contribution in [0.4, 0.5) is 0 Å². The number of carbonyl (C=O) groups is 2.